The number of benzene rings is 1. The van der Waals surface area contributed by atoms with Crippen LogP contribution in [-0.4, -0.2) is 55.9 Å². The number of carbonyl (C=O) groups excluding carboxylic acids is 2. The van der Waals surface area contributed by atoms with Crippen LogP contribution in [0.25, 0.3) is 11.0 Å². The standard InChI is InChI=1S/C18H20ClNO6S/c1-10-14-8-12(19)4-5-15(14)26-16(10)18(22)25-11(2)17(21)20(3)13-6-7-27(23,24)9-13/h4-5,8,11,13H,6-7,9H2,1-3H3/t11-,13-/m1/s1. The Morgan fingerprint density at radius 3 is 2.70 bits per heavy atom. The van der Waals surface area contributed by atoms with Crippen molar-refractivity contribution >= 4 is 44.3 Å². The van der Waals surface area contributed by atoms with Gasteiger partial charge in [0.1, 0.15) is 5.58 Å². The zero-order valence-electron chi connectivity index (χ0n) is 15.2. The van der Waals surface area contributed by atoms with E-state index in [0.717, 1.165) is 0 Å². The molecule has 0 aliphatic carbocycles. The third kappa shape index (κ3) is 3.96. The number of nitrogens with zero attached hydrogens (tertiary/aromatic N) is 1. The van der Waals surface area contributed by atoms with Gasteiger partial charge in [-0.25, -0.2) is 13.2 Å². The summed E-state index contributed by atoms with van der Waals surface area (Å²) in [6.45, 7) is 3.16. The van der Waals surface area contributed by atoms with E-state index in [-0.39, 0.29) is 17.3 Å². The second kappa shape index (κ2) is 7.16. The normalized spacial score (nSPS) is 19.8. The smallest absolute Gasteiger partial charge is 0.375 e. The quantitative estimate of drug-likeness (QED) is 0.715. The number of fused-ring (bicyclic) bond motifs is 1. The summed E-state index contributed by atoms with van der Waals surface area (Å²) in [4.78, 5) is 26.3. The van der Waals surface area contributed by atoms with Gasteiger partial charge < -0.3 is 14.1 Å². The van der Waals surface area contributed by atoms with Crippen LogP contribution in [0.3, 0.4) is 0 Å². The SMILES string of the molecule is Cc1c(C(=O)O[C@H](C)C(=O)N(C)[C@@H]2CCS(=O)(=O)C2)oc2ccc(Cl)cc12. The number of furan rings is 1. The van der Waals surface area contributed by atoms with Crippen molar-refractivity contribution in [2.45, 2.75) is 32.4 Å². The average molecular weight is 414 g/mol. The molecule has 0 bridgehead atoms. The van der Waals surface area contributed by atoms with Gasteiger partial charge >= 0.3 is 5.97 Å². The summed E-state index contributed by atoms with van der Waals surface area (Å²) >= 11 is 5.97. The maximum Gasteiger partial charge on any atom is 0.375 e. The number of sulfone groups is 1. The van der Waals surface area contributed by atoms with Crippen molar-refractivity contribution in [1.29, 1.82) is 0 Å². The number of carbonyl (C=O) groups is 2. The zero-order valence-corrected chi connectivity index (χ0v) is 16.8. The Balaban J connectivity index is 1.72. The molecule has 1 aromatic heterocycles. The molecule has 0 radical (unpaired) electrons. The van der Waals surface area contributed by atoms with Crippen molar-refractivity contribution in [2.75, 3.05) is 18.6 Å². The third-order valence-corrected chi connectivity index (χ3v) is 6.80. The van der Waals surface area contributed by atoms with Gasteiger partial charge in [0.25, 0.3) is 5.91 Å². The van der Waals surface area contributed by atoms with Gasteiger partial charge in [-0.2, -0.15) is 0 Å². The van der Waals surface area contributed by atoms with Crippen LogP contribution in [-0.2, 0) is 19.4 Å². The van der Waals surface area contributed by atoms with Gasteiger partial charge in [0, 0.05) is 29.1 Å². The van der Waals surface area contributed by atoms with Crippen molar-refractivity contribution in [1.82, 2.24) is 4.90 Å². The number of hydrogen-bond donors (Lipinski definition) is 0. The number of rotatable bonds is 4. The molecular weight excluding hydrogens is 394 g/mol. The van der Waals surface area contributed by atoms with Gasteiger partial charge in [-0.3, -0.25) is 4.79 Å². The fraction of sp³-hybridized carbons (Fsp3) is 0.444. The summed E-state index contributed by atoms with van der Waals surface area (Å²) < 4.78 is 34.0. The first-order valence-electron chi connectivity index (χ1n) is 8.46. The summed E-state index contributed by atoms with van der Waals surface area (Å²) in [5.41, 5.74) is 1.07. The molecule has 1 aliphatic rings. The minimum absolute atomic E-state index is 0.0120. The Labute approximate surface area is 162 Å². The molecule has 1 aliphatic heterocycles. The Morgan fingerprint density at radius 1 is 1.37 bits per heavy atom. The number of halogens is 1. The number of amides is 1. The number of hydrogen-bond acceptors (Lipinski definition) is 6. The molecule has 146 valence electrons. The molecule has 1 aromatic carbocycles. The minimum Gasteiger partial charge on any atom is -0.449 e. The van der Waals surface area contributed by atoms with E-state index in [4.69, 9.17) is 20.8 Å². The molecular formula is C18H20ClNO6S. The molecule has 0 unspecified atom stereocenters. The zero-order chi connectivity index (χ0) is 19.9. The fourth-order valence-corrected chi connectivity index (χ4v) is 5.15. The lowest BCUT2D eigenvalue weighted by Gasteiger charge is -2.26. The Kier molecular flexibility index (Phi) is 5.22. The molecule has 2 heterocycles. The molecule has 2 atom stereocenters. The van der Waals surface area contributed by atoms with E-state index in [1.54, 1.807) is 25.1 Å². The summed E-state index contributed by atoms with van der Waals surface area (Å²) in [5, 5.41) is 1.21. The average Bonchev–Trinajstić information content (AvgIpc) is 3.13. The van der Waals surface area contributed by atoms with Crippen LogP contribution in [0.5, 0.6) is 0 Å². The van der Waals surface area contributed by atoms with E-state index in [2.05, 4.69) is 0 Å². The maximum atomic E-state index is 12.5. The number of esters is 1. The second-order valence-electron chi connectivity index (χ2n) is 6.75. The third-order valence-electron chi connectivity index (χ3n) is 4.82. The Bertz CT molecular complexity index is 1010. The highest BCUT2D eigenvalue weighted by molar-refractivity contribution is 7.91. The molecule has 0 N–H and O–H groups in total. The number of likely N-dealkylation sites (N-methyl/N-ethyl adjacent to an activating group) is 1. The lowest BCUT2D eigenvalue weighted by molar-refractivity contribution is -0.140. The lowest BCUT2D eigenvalue weighted by Crippen LogP contribution is -2.44. The lowest BCUT2D eigenvalue weighted by atomic mass is 10.1. The highest BCUT2D eigenvalue weighted by Crippen LogP contribution is 2.28. The van der Waals surface area contributed by atoms with Crippen molar-refractivity contribution in [2.24, 2.45) is 0 Å². The maximum absolute atomic E-state index is 12.5. The predicted molar refractivity (Wildman–Crippen MR) is 101 cm³/mol. The molecule has 1 fully saturated rings. The van der Waals surface area contributed by atoms with Crippen LogP contribution >= 0.6 is 11.6 Å². The Hall–Kier alpha value is -2.06. The Morgan fingerprint density at radius 2 is 2.07 bits per heavy atom. The van der Waals surface area contributed by atoms with Crippen molar-refractivity contribution in [3.63, 3.8) is 0 Å². The molecule has 0 spiro atoms. The van der Waals surface area contributed by atoms with E-state index in [1.807, 2.05) is 0 Å². The second-order valence-corrected chi connectivity index (χ2v) is 9.42. The number of ether oxygens (including phenoxy) is 1. The van der Waals surface area contributed by atoms with Crippen LogP contribution in [0.2, 0.25) is 5.02 Å². The monoisotopic (exact) mass is 413 g/mol. The van der Waals surface area contributed by atoms with Crippen LogP contribution < -0.4 is 0 Å². The van der Waals surface area contributed by atoms with Gasteiger partial charge in [0.15, 0.2) is 15.9 Å². The van der Waals surface area contributed by atoms with Gasteiger partial charge in [0.2, 0.25) is 5.76 Å². The molecule has 9 heteroatoms. The van der Waals surface area contributed by atoms with Crippen LogP contribution in [0.15, 0.2) is 22.6 Å². The summed E-state index contributed by atoms with van der Waals surface area (Å²) in [6.07, 6.45) is -0.684. The topological polar surface area (TPSA) is 93.9 Å². The molecule has 3 rings (SSSR count). The van der Waals surface area contributed by atoms with E-state index >= 15 is 0 Å². The molecule has 1 amide bonds. The molecule has 0 saturated carbocycles. The largest absolute Gasteiger partial charge is 0.449 e. The highest BCUT2D eigenvalue weighted by Gasteiger charge is 2.35. The number of aryl methyl sites for hydroxylation is 1. The first kappa shape index (κ1) is 19.7. The van der Waals surface area contributed by atoms with Crippen molar-refractivity contribution < 1.29 is 27.2 Å². The van der Waals surface area contributed by atoms with Crippen LogP contribution in [0, 0.1) is 6.92 Å². The summed E-state index contributed by atoms with van der Waals surface area (Å²) in [5.74, 6) is -1.21. The van der Waals surface area contributed by atoms with Gasteiger partial charge in [-0.1, -0.05) is 11.6 Å². The molecule has 1 saturated heterocycles. The molecule has 27 heavy (non-hydrogen) atoms. The first-order chi connectivity index (χ1) is 12.6. The van der Waals surface area contributed by atoms with Gasteiger partial charge in [0.05, 0.1) is 11.5 Å². The summed E-state index contributed by atoms with van der Waals surface area (Å²) in [6, 6.07) is 4.59. The van der Waals surface area contributed by atoms with E-state index < -0.39 is 33.9 Å². The highest BCUT2D eigenvalue weighted by atomic mass is 35.5. The van der Waals surface area contributed by atoms with E-state index in [0.29, 0.717) is 28.0 Å². The fourth-order valence-electron chi connectivity index (χ4n) is 3.20. The van der Waals surface area contributed by atoms with Crippen LogP contribution in [0.1, 0.15) is 29.5 Å². The summed E-state index contributed by atoms with van der Waals surface area (Å²) in [7, 11) is -1.60. The van der Waals surface area contributed by atoms with Crippen molar-refractivity contribution in [3.8, 4) is 0 Å². The molecule has 2 aromatic rings. The first-order valence-corrected chi connectivity index (χ1v) is 10.7. The van der Waals surface area contributed by atoms with Gasteiger partial charge in [-0.05, 0) is 38.5 Å². The molecule has 7 nitrogen and oxygen atoms in total. The predicted octanol–water partition coefficient (Wildman–Crippen LogP) is 2.59. The van der Waals surface area contributed by atoms with Crippen LogP contribution in [0.4, 0.5) is 0 Å². The van der Waals surface area contributed by atoms with E-state index in [9.17, 15) is 18.0 Å². The van der Waals surface area contributed by atoms with E-state index in [1.165, 1.54) is 18.9 Å². The minimum atomic E-state index is -3.12. The van der Waals surface area contributed by atoms with Crippen molar-refractivity contribution in [3.05, 3.63) is 34.5 Å². The van der Waals surface area contributed by atoms with Gasteiger partial charge in [-0.15, -0.1) is 0 Å².